The van der Waals surface area contributed by atoms with E-state index < -0.39 is 0 Å². The van der Waals surface area contributed by atoms with Crippen LogP contribution in [0.3, 0.4) is 0 Å². The summed E-state index contributed by atoms with van der Waals surface area (Å²) in [7, 11) is 1.94. The maximum absolute atomic E-state index is 12.3. The molecule has 1 aromatic heterocycles. The summed E-state index contributed by atoms with van der Waals surface area (Å²) in [6, 6.07) is 18.3. The minimum absolute atomic E-state index is 0.0473. The third-order valence-electron chi connectivity index (χ3n) is 4.84. The van der Waals surface area contributed by atoms with E-state index in [0.717, 1.165) is 29.5 Å². The summed E-state index contributed by atoms with van der Waals surface area (Å²) in [6.45, 7) is 4.38. The highest BCUT2D eigenvalue weighted by atomic mass is 32.2. The zero-order chi connectivity index (χ0) is 19.9. The van der Waals surface area contributed by atoms with Crippen LogP contribution in [0.1, 0.15) is 43.1 Å². The highest BCUT2D eigenvalue weighted by Gasteiger charge is 2.12. The Labute approximate surface area is 170 Å². The van der Waals surface area contributed by atoms with Crippen molar-refractivity contribution in [3.8, 4) is 0 Å². The quantitative estimate of drug-likeness (QED) is 0.565. The number of thioether (sulfide) groups is 1. The van der Waals surface area contributed by atoms with Gasteiger partial charge in [-0.05, 0) is 35.6 Å². The van der Waals surface area contributed by atoms with Crippen molar-refractivity contribution in [3.05, 3.63) is 71.5 Å². The van der Waals surface area contributed by atoms with Gasteiger partial charge in [-0.3, -0.25) is 4.79 Å². The average Bonchev–Trinajstić information content (AvgIpc) is 3.06. The molecule has 0 radical (unpaired) electrons. The van der Waals surface area contributed by atoms with Gasteiger partial charge in [0.1, 0.15) is 5.82 Å². The maximum atomic E-state index is 12.3. The second kappa shape index (κ2) is 9.55. The van der Waals surface area contributed by atoms with Crippen LogP contribution in [0.2, 0.25) is 0 Å². The van der Waals surface area contributed by atoms with Crippen molar-refractivity contribution < 1.29 is 4.79 Å². The Bertz CT molecular complexity index is 906. The summed E-state index contributed by atoms with van der Waals surface area (Å²) in [4.78, 5) is 12.3. The number of nitrogens with one attached hydrogen (secondary N) is 1. The zero-order valence-corrected chi connectivity index (χ0v) is 17.4. The first-order chi connectivity index (χ1) is 13.6. The van der Waals surface area contributed by atoms with Gasteiger partial charge in [0.25, 0.3) is 0 Å². The topological polar surface area (TPSA) is 59.8 Å². The average molecular weight is 395 g/mol. The molecule has 6 heteroatoms. The molecule has 0 fully saturated rings. The van der Waals surface area contributed by atoms with Crippen molar-refractivity contribution in [2.45, 2.75) is 37.8 Å². The molecule has 2 aromatic carbocycles. The van der Waals surface area contributed by atoms with Crippen LogP contribution in [0.15, 0.2) is 59.8 Å². The lowest BCUT2D eigenvalue weighted by Crippen LogP contribution is -2.14. The molecule has 3 aromatic rings. The monoisotopic (exact) mass is 394 g/mol. The molecule has 5 nitrogen and oxygen atoms in total. The minimum atomic E-state index is -0.0473. The second-order valence-corrected chi connectivity index (χ2v) is 7.83. The van der Waals surface area contributed by atoms with Crippen molar-refractivity contribution in [1.29, 1.82) is 0 Å². The van der Waals surface area contributed by atoms with Crippen LogP contribution < -0.4 is 5.32 Å². The van der Waals surface area contributed by atoms with Crippen LogP contribution in [0, 0.1) is 0 Å². The van der Waals surface area contributed by atoms with E-state index in [0.29, 0.717) is 11.7 Å². The van der Waals surface area contributed by atoms with Crippen LogP contribution in [0.25, 0.3) is 0 Å². The Morgan fingerprint density at radius 1 is 1.11 bits per heavy atom. The van der Waals surface area contributed by atoms with Gasteiger partial charge in [0, 0.05) is 19.2 Å². The number of anilines is 1. The highest BCUT2D eigenvalue weighted by Crippen LogP contribution is 2.21. The van der Waals surface area contributed by atoms with Gasteiger partial charge in [-0.25, -0.2) is 0 Å². The number of benzene rings is 2. The highest BCUT2D eigenvalue weighted by molar-refractivity contribution is 7.99. The van der Waals surface area contributed by atoms with Crippen molar-refractivity contribution in [2.75, 3.05) is 11.1 Å². The molecule has 1 unspecified atom stereocenters. The van der Waals surface area contributed by atoms with Crippen LogP contribution >= 0.6 is 11.8 Å². The molecule has 0 aliphatic rings. The van der Waals surface area contributed by atoms with E-state index in [9.17, 15) is 4.79 Å². The first-order valence-electron chi connectivity index (χ1n) is 9.51. The lowest BCUT2D eigenvalue weighted by atomic mass is 9.99. The van der Waals surface area contributed by atoms with E-state index in [1.165, 1.54) is 22.9 Å². The Balaban J connectivity index is 1.53. The molecule has 0 bridgehead atoms. The van der Waals surface area contributed by atoms with Crippen molar-refractivity contribution in [3.63, 3.8) is 0 Å². The van der Waals surface area contributed by atoms with E-state index in [1.807, 2.05) is 41.9 Å². The number of carbonyl (C=O) groups excluding carboxylic acids is 1. The van der Waals surface area contributed by atoms with Gasteiger partial charge >= 0.3 is 0 Å². The standard InChI is InChI=1S/C22H26N4OS/c1-4-16(2)18-10-12-19(13-11-18)23-21(27)15-28-22-25-24-20(26(22)3)14-17-8-6-5-7-9-17/h5-13,16H,4,14-15H2,1-3H3,(H,23,27). The molecule has 0 aliphatic heterocycles. The normalized spacial score (nSPS) is 12.0. The van der Waals surface area contributed by atoms with Gasteiger partial charge in [0.15, 0.2) is 5.16 Å². The Morgan fingerprint density at radius 2 is 1.82 bits per heavy atom. The summed E-state index contributed by atoms with van der Waals surface area (Å²) >= 11 is 1.39. The first kappa shape index (κ1) is 20.1. The van der Waals surface area contributed by atoms with Crippen molar-refractivity contribution >= 4 is 23.4 Å². The van der Waals surface area contributed by atoms with E-state index >= 15 is 0 Å². The molecule has 1 atom stereocenters. The summed E-state index contributed by atoms with van der Waals surface area (Å²) in [5, 5.41) is 12.2. The molecule has 1 amide bonds. The SMILES string of the molecule is CCC(C)c1ccc(NC(=O)CSc2nnc(Cc3ccccc3)n2C)cc1. The Hall–Kier alpha value is -2.60. The van der Waals surface area contributed by atoms with E-state index in [2.05, 4.69) is 53.6 Å². The first-order valence-corrected chi connectivity index (χ1v) is 10.5. The van der Waals surface area contributed by atoms with Crippen LogP contribution in [0.4, 0.5) is 5.69 Å². The lowest BCUT2D eigenvalue weighted by molar-refractivity contribution is -0.113. The molecular weight excluding hydrogens is 368 g/mol. The molecule has 1 N–H and O–H groups in total. The molecule has 0 spiro atoms. The number of rotatable bonds is 8. The predicted octanol–water partition coefficient (Wildman–Crippen LogP) is 4.65. The number of hydrogen-bond donors (Lipinski definition) is 1. The number of hydrogen-bond acceptors (Lipinski definition) is 4. The Kier molecular flexibility index (Phi) is 6.87. The van der Waals surface area contributed by atoms with Gasteiger partial charge in [-0.1, -0.05) is 68.1 Å². The summed E-state index contributed by atoms with van der Waals surface area (Å²) in [5.41, 5.74) is 3.30. The van der Waals surface area contributed by atoms with Gasteiger partial charge in [-0.2, -0.15) is 0 Å². The summed E-state index contributed by atoms with van der Waals surface area (Å²) in [5.74, 6) is 1.66. The molecule has 0 saturated heterocycles. The fraction of sp³-hybridized carbons (Fsp3) is 0.318. The van der Waals surface area contributed by atoms with E-state index in [-0.39, 0.29) is 5.91 Å². The fourth-order valence-electron chi connectivity index (χ4n) is 2.86. The molecule has 146 valence electrons. The third-order valence-corrected chi connectivity index (χ3v) is 5.86. The van der Waals surface area contributed by atoms with Gasteiger partial charge in [0.2, 0.25) is 5.91 Å². The zero-order valence-electron chi connectivity index (χ0n) is 16.6. The molecule has 1 heterocycles. The number of nitrogens with zero attached hydrogens (tertiary/aromatic N) is 3. The van der Waals surface area contributed by atoms with Crippen LogP contribution in [0.5, 0.6) is 0 Å². The molecule has 28 heavy (non-hydrogen) atoms. The molecule has 0 saturated carbocycles. The van der Waals surface area contributed by atoms with Gasteiger partial charge in [-0.15, -0.1) is 10.2 Å². The second-order valence-electron chi connectivity index (χ2n) is 6.89. The van der Waals surface area contributed by atoms with Gasteiger partial charge < -0.3 is 9.88 Å². The van der Waals surface area contributed by atoms with Crippen molar-refractivity contribution in [2.24, 2.45) is 7.05 Å². The number of aromatic nitrogens is 3. The maximum Gasteiger partial charge on any atom is 0.234 e. The van der Waals surface area contributed by atoms with Crippen LogP contribution in [-0.2, 0) is 18.3 Å². The predicted molar refractivity (Wildman–Crippen MR) is 115 cm³/mol. The Morgan fingerprint density at radius 3 is 2.50 bits per heavy atom. The van der Waals surface area contributed by atoms with Gasteiger partial charge in [0.05, 0.1) is 5.75 Å². The summed E-state index contributed by atoms with van der Waals surface area (Å²) < 4.78 is 1.95. The molecular formula is C22H26N4OS. The smallest absolute Gasteiger partial charge is 0.234 e. The molecule has 3 rings (SSSR count). The largest absolute Gasteiger partial charge is 0.325 e. The fourth-order valence-corrected chi connectivity index (χ4v) is 3.59. The van der Waals surface area contributed by atoms with Crippen LogP contribution in [-0.4, -0.2) is 26.4 Å². The van der Waals surface area contributed by atoms with Crippen molar-refractivity contribution in [1.82, 2.24) is 14.8 Å². The minimum Gasteiger partial charge on any atom is -0.325 e. The number of amides is 1. The van der Waals surface area contributed by atoms with E-state index in [4.69, 9.17) is 0 Å². The third kappa shape index (κ3) is 5.23. The van der Waals surface area contributed by atoms with E-state index in [1.54, 1.807) is 0 Å². The number of carbonyl (C=O) groups is 1. The lowest BCUT2D eigenvalue weighted by Gasteiger charge is -2.10. The molecule has 0 aliphatic carbocycles. The summed E-state index contributed by atoms with van der Waals surface area (Å²) in [6.07, 6.45) is 1.83.